The molecule has 1 aromatic carbocycles. The van der Waals surface area contributed by atoms with Crippen LogP contribution in [0.15, 0.2) is 53.5 Å². The molecule has 2 aromatic heterocycles. The Morgan fingerprint density at radius 3 is 2.90 bits per heavy atom. The molecule has 0 radical (unpaired) electrons. The molecule has 0 atom stereocenters. The first-order valence-electron chi connectivity index (χ1n) is 6.19. The fourth-order valence-electron chi connectivity index (χ4n) is 2.03. The van der Waals surface area contributed by atoms with Crippen LogP contribution in [-0.2, 0) is 0 Å². The number of methoxy groups -OCH3 is 1. The molecule has 6 heteroatoms. The quantitative estimate of drug-likeness (QED) is 0.797. The van der Waals surface area contributed by atoms with Gasteiger partial charge < -0.3 is 14.3 Å². The Kier molecular flexibility index (Phi) is 3.19. The highest BCUT2D eigenvalue weighted by molar-refractivity contribution is 5.94. The van der Waals surface area contributed by atoms with Gasteiger partial charge in [0, 0.05) is 17.8 Å². The van der Waals surface area contributed by atoms with Gasteiger partial charge in [-0.05, 0) is 18.2 Å². The van der Waals surface area contributed by atoms with E-state index in [0.29, 0.717) is 22.7 Å². The van der Waals surface area contributed by atoms with E-state index in [1.165, 1.54) is 23.4 Å². The average molecular weight is 284 g/mol. The Morgan fingerprint density at radius 2 is 2.24 bits per heavy atom. The van der Waals surface area contributed by atoms with Crippen molar-refractivity contribution in [2.75, 3.05) is 7.11 Å². The summed E-state index contributed by atoms with van der Waals surface area (Å²) in [6, 6.07) is 8.89. The number of carboxylic acids is 1. The van der Waals surface area contributed by atoms with Crippen molar-refractivity contribution in [3.63, 3.8) is 0 Å². The van der Waals surface area contributed by atoms with E-state index in [4.69, 9.17) is 9.15 Å². The summed E-state index contributed by atoms with van der Waals surface area (Å²) in [5, 5.41) is 13.7. The molecular formula is C15H12N2O4. The van der Waals surface area contributed by atoms with Crippen molar-refractivity contribution in [1.29, 1.82) is 0 Å². The molecule has 0 unspecified atom stereocenters. The van der Waals surface area contributed by atoms with Crippen LogP contribution in [0.3, 0.4) is 0 Å². The molecule has 0 saturated carbocycles. The molecule has 0 amide bonds. The number of furan rings is 1. The smallest absolute Gasteiger partial charge is 0.339 e. The van der Waals surface area contributed by atoms with Crippen molar-refractivity contribution in [3.8, 4) is 22.7 Å². The number of rotatable bonds is 4. The van der Waals surface area contributed by atoms with Crippen LogP contribution in [0.25, 0.3) is 16.9 Å². The summed E-state index contributed by atoms with van der Waals surface area (Å²) in [7, 11) is 1.57. The van der Waals surface area contributed by atoms with E-state index in [1.807, 2.05) is 18.2 Å². The first-order chi connectivity index (χ1) is 10.2. The number of benzene rings is 1. The third-order valence-electron chi connectivity index (χ3n) is 3.06. The van der Waals surface area contributed by atoms with Crippen molar-refractivity contribution < 1.29 is 19.1 Å². The predicted molar refractivity (Wildman–Crippen MR) is 74.8 cm³/mol. The highest BCUT2D eigenvalue weighted by Crippen LogP contribution is 2.25. The van der Waals surface area contributed by atoms with Gasteiger partial charge in [0.05, 0.1) is 25.3 Å². The third kappa shape index (κ3) is 2.38. The number of hydrogen-bond donors (Lipinski definition) is 1. The van der Waals surface area contributed by atoms with Crippen LogP contribution in [0, 0.1) is 0 Å². The molecule has 0 aliphatic rings. The first kappa shape index (κ1) is 13.0. The lowest BCUT2D eigenvalue weighted by Gasteiger charge is -2.03. The highest BCUT2D eigenvalue weighted by Gasteiger charge is 2.18. The van der Waals surface area contributed by atoms with Crippen LogP contribution in [0.2, 0.25) is 0 Å². The molecule has 6 nitrogen and oxygen atoms in total. The Hall–Kier alpha value is -3.02. The SMILES string of the molecule is COc1cccc(-n2cc(C(=O)O)c(-c3ccoc3)n2)c1. The zero-order chi connectivity index (χ0) is 14.8. The minimum absolute atomic E-state index is 0.110. The van der Waals surface area contributed by atoms with E-state index in [1.54, 1.807) is 19.2 Å². The molecule has 0 spiro atoms. The lowest BCUT2D eigenvalue weighted by molar-refractivity contribution is 0.0697. The first-order valence-corrected chi connectivity index (χ1v) is 6.19. The summed E-state index contributed by atoms with van der Waals surface area (Å²) in [5.41, 5.74) is 1.80. The zero-order valence-electron chi connectivity index (χ0n) is 11.2. The summed E-state index contributed by atoms with van der Waals surface area (Å²) < 4.78 is 11.7. The molecule has 1 N–H and O–H groups in total. The number of carboxylic acid groups (broad SMARTS) is 1. The van der Waals surface area contributed by atoms with Crippen LogP contribution < -0.4 is 4.74 Å². The second-order valence-corrected chi connectivity index (χ2v) is 4.35. The molecular weight excluding hydrogens is 272 g/mol. The van der Waals surface area contributed by atoms with Crippen molar-refractivity contribution in [2.24, 2.45) is 0 Å². The van der Waals surface area contributed by atoms with Gasteiger partial charge in [-0.2, -0.15) is 5.10 Å². The third-order valence-corrected chi connectivity index (χ3v) is 3.06. The molecule has 3 rings (SSSR count). The van der Waals surface area contributed by atoms with Crippen LogP contribution >= 0.6 is 0 Å². The van der Waals surface area contributed by atoms with Gasteiger partial charge in [-0.15, -0.1) is 0 Å². The molecule has 0 aliphatic heterocycles. The lowest BCUT2D eigenvalue weighted by atomic mass is 10.1. The normalized spacial score (nSPS) is 10.5. The standard InChI is InChI=1S/C15H12N2O4/c1-20-12-4-2-3-11(7-12)17-8-13(15(18)19)14(16-17)10-5-6-21-9-10/h2-9H,1H3,(H,18,19). The largest absolute Gasteiger partial charge is 0.497 e. The lowest BCUT2D eigenvalue weighted by Crippen LogP contribution is -1.96. The number of ether oxygens (including phenoxy) is 1. The molecule has 2 heterocycles. The zero-order valence-corrected chi connectivity index (χ0v) is 11.2. The predicted octanol–water partition coefficient (Wildman–Crippen LogP) is 2.84. The Bertz CT molecular complexity index is 775. The monoisotopic (exact) mass is 284 g/mol. The second-order valence-electron chi connectivity index (χ2n) is 4.35. The average Bonchev–Trinajstić information content (AvgIpc) is 3.16. The fraction of sp³-hybridized carbons (Fsp3) is 0.0667. The highest BCUT2D eigenvalue weighted by atomic mass is 16.5. The number of aromatic carboxylic acids is 1. The summed E-state index contributed by atoms with van der Waals surface area (Å²) in [6.45, 7) is 0. The molecule has 0 aliphatic carbocycles. The van der Waals surface area contributed by atoms with Gasteiger partial charge in [0.15, 0.2) is 0 Å². The Morgan fingerprint density at radius 1 is 1.38 bits per heavy atom. The van der Waals surface area contributed by atoms with E-state index in [2.05, 4.69) is 5.10 Å². The molecule has 0 saturated heterocycles. The molecule has 0 bridgehead atoms. The minimum atomic E-state index is -1.04. The Labute approximate surface area is 120 Å². The molecule has 0 fully saturated rings. The summed E-state index contributed by atoms with van der Waals surface area (Å²) >= 11 is 0. The van der Waals surface area contributed by atoms with E-state index >= 15 is 0 Å². The van der Waals surface area contributed by atoms with Crippen LogP contribution in [0.4, 0.5) is 0 Å². The maximum atomic E-state index is 11.4. The summed E-state index contributed by atoms with van der Waals surface area (Å²) in [5.74, 6) is -0.370. The number of nitrogens with zero attached hydrogens (tertiary/aromatic N) is 2. The van der Waals surface area contributed by atoms with Crippen LogP contribution in [0.1, 0.15) is 10.4 Å². The van der Waals surface area contributed by atoms with Gasteiger partial charge in [0.25, 0.3) is 0 Å². The van der Waals surface area contributed by atoms with Crippen molar-refractivity contribution in [3.05, 3.63) is 54.6 Å². The van der Waals surface area contributed by atoms with E-state index in [0.717, 1.165) is 0 Å². The summed E-state index contributed by atoms with van der Waals surface area (Å²) in [6.07, 6.45) is 4.41. The van der Waals surface area contributed by atoms with E-state index in [-0.39, 0.29) is 5.56 Å². The second kappa shape index (κ2) is 5.16. The van der Waals surface area contributed by atoms with Crippen molar-refractivity contribution in [1.82, 2.24) is 9.78 Å². The van der Waals surface area contributed by atoms with Gasteiger partial charge in [-0.3, -0.25) is 0 Å². The van der Waals surface area contributed by atoms with Gasteiger partial charge in [0.1, 0.15) is 17.0 Å². The maximum Gasteiger partial charge on any atom is 0.339 e. The molecule has 21 heavy (non-hydrogen) atoms. The van der Waals surface area contributed by atoms with Crippen molar-refractivity contribution in [2.45, 2.75) is 0 Å². The van der Waals surface area contributed by atoms with Gasteiger partial charge in [0.2, 0.25) is 0 Å². The van der Waals surface area contributed by atoms with Crippen LogP contribution in [0.5, 0.6) is 5.75 Å². The van der Waals surface area contributed by atoms with Gasteiger partial charge in [-0.25, -0.2) is 9.48 Å². The number of carbonyl (C=O) groups is 1. The summed E-state index contributed by atoms with van der Waals surface area (Å²) in [4.78, 5) is 11.4. The molecule has 3 aromatic rings. The molecule has 106 valence electrons. The van der Waals surface area contributed by atoms with Gasteiger partial charge >= 0.3 is 5.97 Å². The topological polar surface area (TPSA) is 77.5 Å². The van der Waals surface area contributed by atoms with Gasteiger partial charge in [-0.1, -0.05) is 6.07 Å². The minimum Gasteiger partial charge on any atom is -0.497 e. The van der Waals surface area contributed by atoms with Crippen molar-refractivity contribution >= 4 is 5.97 Å². The van der Waals surface area contributed by atoms with E-state index in [9.17, 15) is 9.90 Å². The van der Waals surface area contributed by atoms with E-state index < -0.39 is 5.97 Å². The van der Waals surface area contributed by atoms with Crippen LogP contribution in [-0.4, -0.2) is 28.0 Å². The fourth-order valence-corrected chi connectivity index (χ4v) is 2.03. The number of aromatic nitrogens is 2. The maximum absolute atomic E-state index is 11.4. The Balaban J connectivity index is 2.12. The number of hydrogen-bond acceptors (Lipinski definition) is 4.